The molecule has 4 rings (SSSR count). The number of fused-ring (bicyclic) bond motifs is 1. The maximum Gasteiger partial charge on any atom is 0.573 e. The van der Waals surface area contributed by atoms with Crippen molar-refractivity contribution in [3.05, 3.63) is 65.9 Å². The van der Waals surface area contributed by atoms with Gasteiger partial charge in [-0.15, -0.1) is 13.2 Å². The number of methoxy groups -OCH3 is 1. The zero-order valence-electron chi connectivity index (χ0n) is 21.7. The van der Waals surface area contributed by atoms with Gasteiger partial charge in [-0.25, -0.2) is 0 Å². The first kappa shape index (κ1) is 28.2. The van der Waals surface area contributed by atoms with E-state index in [9.17, 15) is 23.1 Å². The van der Waals surface area contributed by atoms with Crippen LogP contribution in [-0.4, -0.2) is 54.1 Å². The van der Waals surface area contributed by atoms with Crippen LogP contribution in [0.5, 0.6) is 11.5 Å². The summed E-state index contributed by atoms with van der Waals surface area (Å²) < 4.78 is 47.4. The van der Waals surface area contributed by atoms with Gasteiger partial charge in [0.1, 0.15) is 11.5 Å². The van der Waals surface area contributed by atoms with Crippen molar-refractivity contribution in [1.29, 1.82) is 0 Å². The monoisotopic (exact) mass is 540 g/mol. The third kappa shape index (κ3) is 8.11. The molecule has 0 radical (unpaired) electrons. The van der Waals surface area contributed by atoms with Crippen molar-refractivity contribution in [3.63, 3.8) is 0 Å². The molecule has 1 aliphatic heterocycles. The van der Waals surface area contributed by atoms with Gasteiger partial charge >= 0.3 is 12.3 Å². The van der Waals surface area contributed by atoms with E-state index in [2.05, 4.69) is 26.5 Å². The average Bonchev–Trinajstić information content (AvgIpc) is 2.89. The predicted octanol–water partition coefficient (Wildman–Crippen LogP) is 5.93. The number of carboxylic acid groups (broad SMARTS) is 1. The second-order valence-electron chi connectivity index (χ2n) is 9.73. The molecule has 1 fully saturated rings. The van der Waals surface area contributed by atoms with Crippen LogP contribution in [-0.2, 0) is 11.2 Å². The third-order valence-electron chi connectivity index (χ3n) is 7.11. The van der Waals surface area contributed by atoms with Gasteiger partial charge in [0.2, 0.25) is 0 Å². The molecule has 0 unspecified atom stereocenters. The Balaban J connectivity index is 1.36. The number of para-hydroxylation sites is 1. The normalized spacial score (nSPS) is 17.8. The minimum atomic E-state index is -4.79. The maximum atomic E-state index is 12.7. The van der Waals surface area contributed by atoms with E-state index in [4.69, 9.17) is 4.74 Å². The number of alkyl halides is 3. The van der Waals surface area contributed by atoms with Gasteiger partial charge in [0.15, 0.2) is 0 Å². The van der Waals surface area contributed by atoms with E-state index in [1.54, 1.807) is 13.2 Å². The zero-order chi connectivity index (χ0) is 27.8. The molecule has 2 atom stereocenters. The lowest BCUT2D eigenvalue weighted by molar-refractivity contribution is -0.274. The number of halogens is 3. The van der Waals surface area contributed by atoms with Crippen LogP contribution < -0.4 is 9.47 Å². The van der Waals surface area contributed by atoms with Crippen LogP contribution in [0, 0.1) is 23.7 Å². The molecule has 0 spiro atoms. The molecule has 1 saturated heterocycles. The lowest BCUT2D eigenvalue weighted by atomic mass is 9.80. The lowest BCUT2D eigenvalue weighted by Crippen LogP contribution is -2.41. The Bertz CT molecular complexity index is 1350. The number of piperidine rings is 1. The fourth-order valence-corrected chi connectivity index (χ4v) is 5.25. The molecule has 6 nitrogen and oxygen atoms in total. The molecular weight excluding hydrogens is 509 g/mol. The van der Waals surface area contributed by atoms with Crippen LogP contribution in [0.25, 0.3) is 10.9 Å². The number of carbonyl (C=O) groups is 1. The molecular formula is C30H31F3N2O4. The van der Waals surface area contributed by atoms with Crippen LogP contribution in [0.3, 0.4) is 0 Å². The number of likely N-dealkylation sites (tertiary alicyclic amines) is 1. The largest absolute Gasteiger partial charge is 0.573 e. The number of ether oxygens (including phenoxy) is 2. The SMILES string of the molecule is COc1ccc2nccc(CCC[C@@H]3CCN(CC#Cc4ccccc4OC(F)(F)F)C[C@@H]3CC(=O)O)c2c1. The maximum absolute atomic E-state index is 12.7. The summed E-state index contributed by atoms with van der Waals surface area (Å²) in [4.78, 5) is 18.1. The Kier molecular flexibility index (Phi) is 9.31. The Labute approximate surface area is 225 Å². The van der Waals surface area contributed by atoms with Gasteiger partial charge in [0, 0.05) is 24.5 Å². The van der Waals surface area contributed by atoms with Gasteiger partial charge in [-0.2, -0.15) is 0 Å². The Hall–Kier alpha value is -3.77. The van der Waals surface area contributed by atoms with Gasteiger partial charge in [-0.05, 0) is 86.0 Å². The summed E-state index contributed by atoms with van der Waals surface area (Å²) in [5, 5.41) is 10.6. The number of rotatable bonds is 9. The minimum absolute atomic E-state index is 0.0202. The van der Waals surface area contributed by atoms with Crippen LogP contribution in [0.2, 0.25) is 0 Å². The van der Waals surface area contributed by atoms with E-state index in [0.29, 0.717) is 13.1 Å². The molecule has 0 bridgehead atoms. The molecule has 1 aliphatic rings. The first-order valence-electron chi connectivity index (χ1n) is 12.9. The molecule has 2 aromatic carbocycles. The van der Waals surface area contributed by atoms with E-state index in [0.717, 1.165) is 48.9 Å². The summed E-state index contributed by atoms with van der Waals surface area (Å²) in [6, 6.07) is 13.6. The van der Waals surface area contributed by atoms with E-state index >= 15 is 0 Å². The van der Waals surface area contributed by atoms with E-state index in [1.165, 1.54) is 23.8 Å². The number of hydrogen-bond donors (Lipinski definition) is 1. The number of aryl methyl sites for hydroxylation is 1. The summed E-state index contributed by atoms with van der Waals surface area (Å²) in [5.74, 6) is 5.59. The minimum Gasteiger partial charge on any atom is -0.497 e. The lowest BCUT2D eigenvalue weighted by Gasteiger charge is -2.37. The van der Waals surface area contributed by atoms with Crippen molar-refractivity contribution in [3.8, 4) is 23.3 Å². The summed E-state index contributed by atoms with van der Waals surface area (Å²) in [6.45, 7) is 1.68. The van der Waals surface area contributed by atoms with Crippen molar-refractivity contribution in [2.75, 3.05) is 26.7 Å². The fraction of sp³-hybridized carbons (Fsp3) is 0.400. The third-order valence-corrected chi connectivity index (χ3v) is 7.11. The molecule has 0 amide bonds. The van der Waals surface area contributed by atoms with E-state index in [1.807, 2.05) is 30.5 Å². The average molecular weight is 541 g/mol. The molecule has 1 aromatic heterocycles. The molecule has 9 heteroatoms. The topological polar surface area (TPSA) is 71.9 Å². The first-order valence-corrected chi connectivity index (χ1v) is 12.9. The highest BCUT2D eigenvalue weighted by Gasteiger charge is 2.32. The first-order chi connectivity index (χ1) is 18.7. The molecule has 0 aliphatic carbocycles. The molecule has 39 heavy (non-hydrogen) atoms. The Morgan fingerprint density at radius 1 is 1.18 bits per heavy atom. The van der Waals surface area contributed by atoms with Crippen molar-refractivity contribution in [2.45, 2.75) is 38.5 Å². The van der Waals surface area contributed by atoms with Gasteiger partial charge in [0.05, 0.1) is 24.7 Å². The Morgan fingerprint density at radius 3 is 2.77 bits per heavy atom. The highest BCUT2D eigenvalue weighted by Crippen LogP contribution is 2.32. The number of carboxylic acids is 1. The summed E-state index contributed by atoms with van der Waals surface area (Å²) in [7, 11) is 1.64. The van der Waals surface area contributed by atoms with Crippen molar-refractivity contribution in [2.24, 2.45) is 11.8 Å². The number of nitrogens with zero attached hydrogens (tertiary/aromatic N) is 2. The van der Waals surface area contributed by atoms with Gasteiger partial charge < -0.3 is 14.6 Å². The van der Waals surface area contributed by atoms with E-state index in [-0.39, 0.29) is 29.6 Å². The standard InChI is InChI=1S/C30H31F3N2O4/c1-38-25-11-12-27-26(19-25)22(13-15-34-27)8-4-7-21-14-17-35(20-24(21)18-29(36)37)16-5-9-23-6-2-3-10-28(23)39-30(31,32)33/h2-3,6,10-13,15,19,21,24H,4,7-8,14,16-18,20H2,1H3,(H,36,37)/t21-,24+/m1/s1. The molecule has 2 heterocycles. The number of benzene rings is 2. The zero-order valence-corrected chi connectivity index (χ0v) is 21.7. The number of pyridine rings is 1. The summed E-state index contributed by atoms with van der Waals surface area (Å²) in [5.41, 5.74) is 2.27. The molecule has 0 saturated carbocycles. The summed E-state index contributed by atoms with van der Waals surface area (Å²) >= 11 is 0. The number of aliphatic carboxylic acids is 1. The van der Waals surface area contributed by atoms with Crippen LogP contribution >= 0.6 is 0 Å². The van der Waals surface area contributed by atoms with Crippen LogP contribution in [0.1, 0.15) is 36.8 Å². The van der Waals surface area contributed by atoms with Crippen molar-refractivity contribution >= 4 is 16.9 Å². The van der Waals surface area contributed by atoms with Gasteiger partial charge in [0.25, 0.3) is 0 Å². The molecule has 1 N–H and O–H groups in total. The second kappa shape index (κ2) is 12.9. The highest BCUT2D eigenvalue weighted by atomic mass is 19.4. The smallest absolute Gasteiger partial charge is 0.497 e. The quantitative estimate of drug-likeness (QED) is 0.339. The summed E-state index contributed by atoms with van der Waals surface area (Å²) in [6.07, 6.45) is 0.633. The van der Waals surface area contributed by atoms with Gasteiger partial charge in [-0.1, -0.05) is 24.0 Å². The Morgan fingerprint density at radius 2 is 2.00 bits per heavy atom. The van der Waals surface area contributed by atoms with Crippen molar-refractivity contribution < 1.29 is 32.5 Å². The van der Waals surface area contributed by atoms with Gasteiger partial charge in [-0.3, -0.25) is 14.7 Å². The number of aromatic nitrogens is 1. The van der Waals surface area contributed by atoms with E-state index < -0.39 is 12.3 Å². The fourth-order valence-electron chi connectivity index (χ4n) is 5.25. The van der Waals surface area contributed by atoms with Crippen molar-refractivity contribution in [1.82, 2.24) is 9.88 Å². The molecule has 3 aromatic rings. The van der Waals surface area contributed by atoms with Crippen LogP contribution in [0.15, 0.2) is 54.7 Å². The number of hydrogen-bond acceptors (Lipinski definition) is 5. The molecule has 206 valence electrons. The second-order valence-corrected chi connectivity index (χ2v) is 9.73. The van der Waals surface area contributed by atoms with Crippen LogP contribution in [0.4, 0.5) is 13.2 Å². The predicted molar refractivity (Wildman–Crippen MR) is 142 cm³/mol. The highest BCUT2D eigenvalue weighted by molar-refractivity contribution is 5.83.